The van der Waals surface area contributed by atoms with Crippen LogP contribution >= 0.6 is 0 Å². The van der Waals surface area contributed by atoms with Crippen molar-refractivity contribution in [3.05, 3.63) is 113 Å². The van der Waals surface area contributed by atoms with Gasteiger partial charge in [-0.15, -0.1) is 0 Å². The van der Waals surface area contributed by atoms with Crippen LogP contribution in [0.4, 0.5) is 5.69 Å². The average Bonchev–Trinajstić information content (AvgIpc) is 3.47. The molecule has 4 aromatic carbocycles. The van der Waals surface area contributed by atoms with Gasteiger partial charge in [0, 0.05) is 33.9 Å². The summed E-state index contributed by atoms with van der Waals surface area (Å²) >= 11 is 0. The second-order valence-corrected chi connectivity index (χ2v) is 9.82. The molecule has 2 aliphatic rings. The van der Waals surface area contributed by atoms with E-state index in [2.05, 4.69) is 101 Å². The van der Waals surface area contributed by atoms with Crippen LogP contribution in [0.1, 0.15) is 28.8 Å². The Bertz CT molecular complexity index is 1500. The molecule has 1 aromatic heterocycles. The van der Waals surface area contributed by atoms with Crippen LogP contribution < -0.4 is 5.32 Å². The molecule has 0 amide bonds. The van der Waals surface area contributed by atoms with Crippen LogP contribution in [0.5, 0.6) is 0 Å². The van der Waals surface area contributed by atoms with Crippen molar-refractivity contribution in [1.82, 2.24) is 4.98 Å². The van der Waals surface area contributed by atoms with Gasteiger partial charge in [0.25, 0.3) is 0 Å². The highest BCUT2D eigenvalue weighted by molar-refractivity contribution is 6.17. The number of fused-ring (bicyclic) bond motifs is 8. The zero-order valence-corrected chi connectivity index (χ0v) is 19.3. The fourth-order valence-electron chi connectivity index (χ4n) is 5.89. The Morgan fingerprint density at radius 2 is 1.38 bits per heavy atom. The van der Waals surface area contributed by atoms with Crippen LogP contribution in [-0.2, 0) is 25.7 Å². The summed E-state index contributed by atoms with van der Waals surface area (Å²) in [6, 6.07) is 33.8. The lowest BCUT2D eigenvalue weighted by Crippen LogP contribution is -2.16. The van der Waals surface area contributed by atoms with Crippen molar-refractivity contribution in [2.75, 3.05) is 5.32 Å². The minimum Gasteiger partial charge on any atom is -0.381 e. The van der Waals surface area contributed by atoms with Gasteiger partial charge in [-0.2, -0.15) is 0 Å². The normalized spacial score (nSPS) is 15.4. The molecule has 2 heteroatoms. The van der Waals surface area contributed by atoms with E-state index >= 15 is 0 Å². The van der Waals surface area contributed by atoms with Gasteiger partial charge in [-0.05, 0) is 66.0 Å². The molecule has 0 saturated carbocycles. The van der Waals surface area contributed by atoms with Gasteiger partial charge in [0.1, 0.15) is 0 Å². The van der Waals surface area contributed by atoms with Crippen LogP contribution in [0.2, 0.25) is 0 Å². The fourth-order valence-corrected chi connectivity index (χ4v) is 5.89. The number of hydrogen-bond acceptors (Lipinski definition) is 1. The highest BCUT2D eigenvalue weighted by Gasteiger charge is 2.33. The topological polar surface area (TPSA) is 27.8 Å². The molecule has 7 rings (SSSR count). The molecule has 2 nitrogen and oxygen atoms in total. The molecule has 2 N–H and O–H groups in total. The lowest BCUT2D eigenvalue weighted by molar-refractivity contribution is 0.675. The Balaban J connectivity index is 1.13. The summed E-state index contributed by atoms with van der Waals surface area (Å²) in [5.41, 5.74) is 13.9. The summed E-state index contributed by atoms with van der Waals surface area (Å²) in [6.45, 7) is 0. The third-order valence-corrected chi connectivity index (χ3v) is 7.65. The van der Waals surface area contributed by atoms with Gasteiger partial charge in [-0.3, -0.25) is 0 Å². The first-order valence-electron chi connectivity index (χ1n) is 12.5. The molecule has 1 aliphatic heterocycles. The molecule has 1 unspecified atom stereocenters. The zero-order chi connectivity index (χ0) is 22.5. The molecule has 34 heavy (non-hydrogen) atoms. The maximum atomic E-state index is 3.89. The van der Waals surface area contributed by atoms with Gasteiger partial charge in [0.05, 0.1) is 5.52 Å². The first-order chi connectivity index (χ1) is 16.8. The first kappa shape index (κ1) is 19.7. The summed E-state index contributed by atoms with van der Waals surface area (Å²) in [4.78, 5) is 3.76. The molecule has 5 aromatic rings. The van der Waals surface area contributed by atoms with Crippen LogP contribution in [-0.4, -0.2) is 11.0 Å². The molecule has 0 radical (unpaired) electrons. The van der Waals surface area contributed by atoms with Crippen molar-refractivity contribution in [2.45, 2.75) is 38.1 Å². The van der Waals surface area contributed by atoms with Crippen LogP contribution in [0, 0.1) is 0 Å². The predicted molar refractivity (Wildman–Crippen MR) is 142 cm³/mol. The van der Waals surface area contributed by atoms with E-state index in [4.69, 9.17) is 0 Å². The van der Waals surface area contributed by atoms with Crippen LogP contribution in [0.3, 0.4) is 0 Å². The summed E-state index contributed by atoms with van der Waals surface area (Å²) in [5.74, 6) is 0. The van der Waals surface area contributed by atoms with Crippen molar-refractivity contribution < 1.29 is 0 Å². The highest BCUT2D eigenvalue weighted by Crippen LogP contribution is 2.55. The van der Waals surface area contributed by atoms with Crippen molar-refractivity contribution in [3.63, 3.8) is 0 Å². The lowest BCUT2D eigenvalue weighted by Gasteiger charge is -2.27. The molecule has 1 aliphatic carbocycles. The van der Waals surface area contributed by atoms with Gasteiger partial charge >= 0.3 is 0 Å². The summed E-state index contributed by atoms with van der Waals surface area (Å²) < 4.78 is 0. The Labute approximate surface area is 200 Å². The predicted octanol–water partition coefficient (Wildman–Crippen LogP) is 7.57. The van der Waals surface area contributed by atoms with Crippen LogP contribution in [0.25, 0.3) is 33.2 Å². The second kappa shape index (κ2) is 7.92. The second-order valence-electron chi connectivity index (χ2n) is 9.82. The largest absolute Gasteiger partial charge is 0.381 e. The maximum Gasteiger partial charge on any atom is 0.0542 e. The van der Waals surface area contributed by atoms with E-state index in [1.54, 1.807) is 0 Å². The van der Waals surface area contributed by atoms with Crippen molar-refractivity contribution in [2.24, 2.45) is 0 Å². The molecule has 0 fully saturated rings. The Kier molecular flexibility index (Phi) is 4.58. The molecule has 166 valence electrons. The molecular formula is C32H28N2. The molecule has 1 atom stereocenters. The van der Waals surface area contributed by atoms with E-state index in [9.17, 15) is 0 Å². The number of anilines is 1. The number of aromatic nitrogens is 1. The molecule has 0 spiro atoms. The number of aromatic amines is 1. The summed E-state index contributed by atoms with van der Waals surface area (Å²) in [5, 5.41) is 5.21. The molecule has 0 saturated heterocycles. The van der Waals surface area contributed by atoms with E-state index in [0.29, 0.717) is 6.04 Å². The third-order valence-electron chi connectivity index (χ3n) is 7.65. The number of H-pyrrole nitrogens is 1. The number of aryl methyl sites for hydroxylation is 3. The smallest absolute Gasteiger partial charge is 0.0542 e. The summed E-state index contributed by atoms with van der Waals surface area (Å²) in [6.07, 6.45) is 5.52. The average molecular weight is 441 g/mol. The van der Waals surface area contributed by atoms with Crippen molar-refractivity contribution in [3.8, 4) is 22.3 Å². The van der Waals surface area contributed by atoms with E-state index in [1.807, 2.05) is 0 Å². The molecular weight excluding hydrogens is 412 g/mol. The van der Waals surface area contributed by atoms with Gasteiger partial charge in [-0.1, -0.05) is 84.9 Å². The Hall–Kier alpha value is -3.78. The van der Waals surface area contributed by atoms with Crippen molar-refractivity contribution >= 4 is 16.6 Å². The van der Waals surface area contributed by atoms with E-state index < -0.39 is 0 Å². The van der Waals surface area contributed by atoms with Gasteiger partial charge in [0.2, 0.25) is 0 Å². The van der Waals surface area contributed by atoms with Gasteiger partial charge in [0.15, 0.2) is 0 Å². The minimum absolute atomic E-state index is 0.518. The number of hydrogen-bond donors (Lipinski definition) is 2. The number of benzene rings is 4. The van der Waals surface area contributed by atoms with Crippen molar-refractivity contribution in [1.29, 1.82) is 0 Å². The standard InChI is InChI=1S/C32H28N2/c1-3-7-21(8-4-1)11-15-25-19-23-13-17-27-29(31(23)33-25)28-18-14-24-20-26(34-32(24)30(27)28)16-12-22-9-5-2-6-10-22/h1-10,13-14,17-19,26,33-34H,11-12,15-16,20H2. The Morgan fingerprint density at radius 1 is 0.676 bits per heavy atom. The maximum absolute atomic E-state index is 3.89. The SMILES string of the molecule is c1ccc(CCc2cc3ccc4c(c3[nH]2)-c2ccc3c(c2-4)NC(CCc2ccccc2)C3)cc1. The quantitative estimate of drug-likeness (QED) is 0.275. The number of rotatable bonds is 6. The van der Waals surface area contributed by atoms with E-state index in [1.165, 1.54) is 67.6 Å². The van der Waals surface area contributed by atoms with Crippen LogP contribution in [0.15, 0.2) is 91.0 Å². The van der Waals surface area contributed by atoms with E-state index in [0.717, 1.165) is 25.7 Å². The fraction of sp³-hybridized carbons (Fsp3) is 0.188. The zero-order valence-electron chi connectivity index (χ0n) is 19.3. The third kappa shape index (κ3) is 3.25. The first-order valence-corrected chi connectivity index (χ1v) is 12.5. The molecule has 0 bridgehead atoms. The van der Waals surface area contributed by atoms with Gasteiger partial charge in [-0.25, -0.2) is 0 Å². The Morgan fingerprint density at radius 3 is 2.18 bits per heavy atom. The monoisotopic (exact) mass is 440 g/mol. The molecule has 2 heterocycles. The van der Waals surface area contributed by atoms with E-state index in [-0.39, 0.29) is 0 Å². The van der Waals surface area contributed by atoms with Gasteiger partial charge < -0.3 is 10.3 Å². The minimum atomic E-state index is 0.518. The lowest BCUT2D eigenvalue weighted by atomic mass is 9.77. The highest BCUT2D eigenvalue weighted by atomic mass is 15.0. The number of nitrogens with one attached hydrogen (secondary N) is 2. The summed E-state index contributed by atoms with van der Waals surface area (Å²) in [7, 11) is 0.